The van der Waals surface area contributed by atoms with Crippen molar-refractivity contribution < 1.29 is 18.7 Å². The molecule has 1 atom stereocenters. The molecule has 0 spiro atoms. The molecule has 1 aliphatic carbocycles. The van der Waals surface area contributed by atoms with E-state index < -0.39 is 17.5 Å². The molecule has 0 aliphatic heterocycles. The van der Waals surface area contributed by atoms with Crippen molar-refractivity contribution in [1.82, 2.24) is 0 Å². The highest BCUT2D eigenvalue weighted by Gasteiger charge is 2.29. The second-order valence-corrected chi connectivity index (χ2v) is 8.74. The van der Waals surface area contributed by atoms with Crippen LogP contribution in [0.15, 0.2) is 39.5 Å². The number of rotatable bonds is 5. The fourth-order valence-electron chi connectivity index (χ4n) is 3.73. The van der Waals surface area contributed by atoms with Crippen molar-refractivity contribution in [2.45, 2.75) is 39.5 Å². The Morgan fingerprint density at radius 3 is 2.90 bits per heavy atom. The van der Waals surface area contributed by atoms with Gasteiger partial charge in [-0.05, 0) is 54.7 Å². The van der Waals surface area contributed by atoms with E-state index in [4.69, 9.17) is 9.15 Å². The van der Waals surface area contributed by atoms with E-state index in [2.05, 4.69) is 12.2 Å². The van der Waals surface area contributed by atoms with E-state index in [1.807, 2.05) is 6.92 Å². The quantitative estimate of drug-likeness (QED) is 0.594. The van der Waals surface area contributed by atoms with Gasteiger partial charge in [0.25, 0.3) is 5.91 Å². The molecule has 6 nitrogen and oxygen atoms in total. The Balaban J connectivity index is 1.69. The number of carbonyl (C=O) groups is 2. The molecule has 0 bridgehead atoms. The van der Waals surface area contributed by atoms with E-state index in [0.717, 1.165) is 36.1 Å². The molecule has 0 radical (unpaired) electrons. The van der Waals surface area contributed by atoms with Crippen molar-refractivity contribution in [2.24, 2.45) is 5.92 Å². The van der Waals surface area contributed by atoms with Crippen LogP contribution in [0, 0.1) is 5.92 Å². The third-order valence-corrected chi connectivity index (χ3v) is 6.44. The summed E-state index contributed by atoms with van der Waals surface area (Å²) in [5.41, 5.74) is 0.835. The van der Waals surface area contributed by atoms with Crippen molar-refractivity contribution in [1.29, 1.82) is 0 Å². The Morgan fingerprint density at radius 1 is 1.30 bits per heavy atom. The first-order valence-electron chi connectivity index (χ1n) is 10.1. The molecule has 156 valence electrons. The van der Waals surface area contributed by atoms with Gasteiger partial charge < -0.3 is 14.5 Å². The molecule has 1 aliphatic rings. The molecular weight excluding hydrogens is 402 g/mol. The summed E-state index contributed by atoms with van der Waals surface area (Å²) in [5, 5.41) is 4.29. The fraction of sp³-hybridized carbons (Fsp3) is 0.348. The average Bonchev–Trinajstić information content (AvgIpc) is 3.08. The number of carbonyl (C=O) groups excluding carboxylic acids is 2. The second kappa shape index (κ2) is 8.44. The summed E-state index contributed by atoms with van der Waals surface area (Å²) in [4.78, 5) is 39.0. The number of benzene rings is 1. The van der Waals surface area contributed by atoms with Gasteiger partial charge in [-0.2, -0.15) is 0 Å². The van der Waals surface area contributed by atoms with Gasteiger partial charge in [-0.3, -0.25) is 4.79 Å². The second-order valence-electron chi connectivity index (χ2n) is 7.63. The maximum atomic E-state index is 12.9. The van der Waals surface area contributed by atoms with Crippen LogP contribution in [0.25, 0.3) is 10.8 Å². The van der Waals surface area contributed by atoms with Crippen LogP contribution in [-0.2, 0) is 17.6 Å². The highest BCUT2D eigenvalue weighted by molar-refractivity contribution is 7.17. The zero-order chi connectivity index (χ0) is 21.3. The van der Waals surface area contributed by atoms with Gasteiger partial charge >= 0.3 is 11.6 Å². The van der Waals surface area contributed by atoms with Crippen LogP contribution in [-0.4, -0.2) is 18.5 Å². The lowest BCUT2D eigenvalue weighted by molar-refractivity contribution is 0.0505. The third-order valence-electron chi connectivity index (χ3n) is 5.27. The van der Waals surface area contributed by atoms with E-state index in [1.54, 1.807) is 24.3 Å². The summed E-state index contributed by atoms with van der Waals surface area (Å²) in [6.07, 6.45) is 3.36. The maximum absolute atomic E-state index is 12.9. The monoisotopic (exact) mass is 425 g/mol. The minimum absolute atomic E-state index is 0.0914. The number of thiophene rings is 1. The summed E-state index contributed by atoms with van der Waals surface area (Å²) in [5.74, 6) is -0.544. The van der Waals surface area contributed by atoms with Crippen LogP contribution in [0.5, 0.6) is 0 Å². The van der Waals surface area contributed by atoms with Crippen LogP contribution < -0.4 is 10.9 Å². The minimum Gasteiger partial charge on any atom is -0.462 e. The highest BCUT2D eigenvalue weighted by atomic mass is 32.1. The molecule has 4 rings (SSSR count). The summed E-state index contributed by atoms with van der Waals surface area (Å²) < 4.78 is 10.6. The average molecular weight is 426 g/mol. The van der Waals surface area contributed by atoms with Gasteiger partial charge in [0.2, 0.25) is 0 Å². The Hall–Kier alpha value is -2.93. The maximum Gasteiger partial charge on any atom is 0.344 e. The molecule has 0 saturated heterocycles. The molecule has 7 heteroatoms. The standard InChI is InChI=1S/C23H23NO5S/c1-3-10-28-23(27)19-16-9-8-13(2)11-18(16)30-21(19)24-20(25)17-12-14-6-4-5-7-15(14)22(26)29-17/h4-7,12-13H,3,8-11H2,1-2H3,(H,24,25)/t13-/m1/s1. The van der Waals surface area contributed by atoms with Crippen molar-refractivity contribution in [2.75, 3.05) is 11.9 Å². The number of esters is 1. The summed E-state index contributed by atoms with van der Waals surface area (Å²) >= 11 is 1.41. The van der Waals surface area contributed by atoms with E-state index in [0.29, 0.717) is 33.9 Å². The Kier molecular flexibility index (Phi) is 5.72. The van der Waals surface area contributed by atoms with Gasteiger partial charge in [-0.25, -0.2) is 9.59 Å². The lowest BCUT2D eigenvalue weighted by Gasteiger charge is -2.18. The van der Waals surface area contributed by atoms with Crippen molar-refractivity contribution in [3.63, 3.8) is 0 Å². The molecule has 30 heavy (non-hydrogen) atoms. The number of ether oxygens (including phenoxy) is 1. The van der Waals surface area contributed by atoms with Crippen molar-refractivity contribution in [3.8, 4) is 0 Å². The lowest BCUT2D eigenvalue weighted by Crippen LogP contribution is -2.18. The molecule has 1 aromatic carbocycles. The molecule has 0 unspecified atom stereocenters. The number of fused-ring (bicyclic) bond motifs is 2. The normalized spacial score (nSPS) is 15.6. The Morgan fingerprint density at radius 2 is 2.10 bits per heavy atom. The van der Waals surface area contributed by atoms with Crippen LogP contribution in [0.3, 0.4) is 0 Å². The topological polar surface area (TPSA) is 85.6 Å². The lowest BCUT2D eigenvalue weighted by atomic mass is 9.88. The number of anilines is 1. The minimum atomic E-state index is -0.569. The smallest absolute Gasteiger partial charge is 0.344 e. The fourth-order valence-corrected chi connectivity index (χ4v) is 5.13. The summed E-state index contributed by atoms with van der Waals surface area (Å²) in [7, 11) is 0. The molecular formula is C23H23NO5S. The highest BCUT2D eigenvalue weighted by Crippen LogP contribution is 2.40. The predicted octanol–water partition coefficient (Wildman–Crippen LogP) is 4.80. The molecule has 2 heterocycles. The molecule has 3 aromatic rings. The van der Waals surface area contributed by atoms with Crippen LogP contribution in [0.4, 0.5) is 5.00 Å². The van der Waals surface area contributed by atoms with Gasteiger partial charge in [0.05, 0.1) is 17.6 Å². The number of hydrogen-bond donors (Lipinski definition) is 1. The van der Waals surface area contributed by atoms with Gasteiger partial charge in [-0.15, -0.1) is 11.3 Å². The first kappa shape index (κ1) is 20.3. The van der Waals surface area contributed by atoms with Crippen LogP contribution in [0.1, 0.15) is 58.0 Å². The molecule has 1 N–H and O–H groups in total. The third kappa shape index (κ3) is 3.89. The molecule has 1 amide bonds. The Bertz CT molecular complexity index is 1180. The number of amides is 1. The van der Waals surface area contributed by atoms with Crippen LogP contribution >= 0.6 is 11.3 Å². The zero-order valence-corrected chi connectivity index (χ0v) is 17.8. The molecule has 0 saturated carbocycles. The molecule has 0 fully saturated rings. The SMILES string of the molecule is CCCOC(=O)c1c(NC(=O)c2cc3ccccc3c(=O)o2)sc2c1CC[C@@H](C)C2. The largest absolute Gasteiger partial charge is 0.462 e. The predicted molar refractivity (Wildman–Crippen MR) is 117 cm³/mol. The van der Waals surface area contributed by atoms with Crippen LogP contribution in [0.2, 0.25) is 0 Å². The Labute approximate surface area is 177 Å². The van der Waals surface area contributed by atoms with Gasteiger partial charge in [0.15, 0.2) is 5.76 Å². The van der Waals surface area contributed by atoms with Gasteiger partial charge in [0, 0.05) is 4.88 Å². The summed E-state index contributed by atoms with van der Waals surface area (Å²) in [6.45, 7) is 4.44. The van der Waals surface area contributed by atoms with Gasteiger partial charge in [0.1, 0.15) is 5.00 Å². The zero-order valence-electron chi connectivity index (χ0n) is 16.9. The van der Waals surface area contributed by atoms with Crippen molar-refractivity contribution >= 4 is 39.0 Å². The van der Waals surface area contributed by atoms with E-state index in [-0.39, 0.29) is 5.76 Å². The number of hydrogen-bond acceptors (Lipinski definition) is 6. The first-order valence-corrected chi connectivity index (χ1v) is 11.0. The first-order chi connectivity index (χ1) is 14.5. The van der Waals surface area contributed by atoms with Gasteiger partial charge in [-0.1, -0.05) is 32.0 Å². The van der Waals surface area contributed by atoms with E-state index in [1.165, 1.54) is 17.4 Å². The van der Waals surface area contributed by atoms with E-state index >= 15 is 0 Å². The molecule has 2 aromatic heterocycles. The van der Waals surface area contributed by atoms with Crippen molar-refractivity contribution in [3.05, 3.63) is 62.5 Å². The summed E-state index contributed by atoms with van der Waals surface area (Å²) in [6, 6.07) is 8.47. The number of nitrogens with one attached hydrogen (secondary N) is 1. The van der Waals surface area contributed by atoms with E-state index in [9.17, 15) is 14.4 Å².